The molecule has 2 N–H and O–H groups in total. The van der Waals surface area contributed by atoms with Gasteiger partial charge in [-0.25, -0.2) is 4.39 Å². The van der Waals surface area contributed by atoms with Gasteiger partial charge in [0, 0.05) is 38.3 Å². The van der Waals surface area contributed by atoms with Crippen LogP contribution in [-0.4, -0.2) is 63.3 Å². The Morgan fingerprint density at radius 3 is 2.40 bits per heavy atom. The molecule has 0 amide bonds. The normalized spacial score (nSPS) is 17.3. The number of nitrogens with zero attached hydrogens (tertiary/aromatic N) is 2. The third-order valence-corrected chi connectivity index (χ3v) is 6.11. The van der Waals surface area contributed by atoms with Crippen LogP contribution >= 0.6 is 24.0 Å². The van der Waals surface area contributed by atoms with Crippen LogP contribution in [0.4, 0.5) is 4.39 Å². The molecule has 0 bridgehead atoms. The fourth-order valence-corrected chi connectivity index (χ4v) is 4.05. The van der Waals surface area contributed by atoms with Crippen LogP contribution in [0.2, 0.25) is 0 Å². The molecule has 0 aliphatic carbocycles. The molecule has 1 aromatic rings. The van der Waals surface area contributed by atoms with Gasteiger partial charge in [-0.15, -0.1) is 24.0 Å². The predicted molar refractivity (Wildman–Crippen MR) is 135 cm³/mol. The van der Waals surface area contributed by atoms with E-state index in [2.05, 4.69) is 41.3 Å². The summed E-state index contributed by atoms with van der Waals surface area (Å²) in [5.41, 5.74) is 1.10. The van der Waals surface area contributed by atoms with E-state index in [-0.39, 0.29) is 35.2 Å². The first-order valence-corrected chi connectivity index (χ1v) is 11.1. The molecule has 0 radical (unpaired) electrons. The molecule has 0 saturated carbocycles. The minimum Gasteiger partial charge on any atom is -0.381 e. The Bertz CT molecular complexity index is 616. The van der Waals surface area contributed by atoms with Crippen LogP contribution < -0.4 is 10.6 Å². The zero-order chi connectivity index (χ0) is 21.1. The topological polar surface area (TPSA) is 48.9 Å². The van der Waals surface area contributed by atoms with Crippen LogP contribution in [0, 0.1) is 5.82 Å². The van der Waals surface area contributed by atoms with Crippen LogP contribution in [0.25, 0.3) is 0 Å². The lowest BCUT2D eigenvalue weighted by molar-refractivity contribution is 0.0513. The van der Waals surface area contributed by atoms with Gasteiger partial charge in [-0.1, -0.05) is 26.0 Å². The van der Waals surface area contributed by atoms with Crippen molar-refractivity contribution < 1.29 is 9.13 Å². The third kappa shape index (κ3) is 8.30. The van der Waals surface area contributed by atoms with Gasteiger partial charge in [-0.3, -0.25) is 4.99 Å². The molecule has 30 heavy (non-hydrogen) atoms. The summed E-state index contributed by atoms with van der Waals surface area (Å²) in [6, 6.07) is 7.28. The first-order chi connectivity index (χ1) is 14.0. The van der Waals surface area contributed by atoms with Gasteiger partial charge < -0.3 is 20.3 Å². The highest BCUT2D eigenvalue weighted by Gasteiger charge is 2.34. The smallest absolute Gasteiger partial charge is 0.191 e. The largest absolute Gasteiger partial charge is 0.381 e. The number of guanidine groups is 1. The number of halogens is 2. The predicted octanol–water partition coefficient (Wildman–Crippen LogP) is 4.17. The van der Waals surface area contributed by atoms with Crippen LogP contribution in [0.5, 0.6) is 0 Å². The Labute approximate surface area is 199 Å². The molecule has 1 aliphatic rings. The first-order valence-electron chi connectivity index (χ1n) is 11.1. The lowest BCUT2D eigenvalue weighted by Crippen LogP contribution is -2.49. The quantitative estimate of drug-likeness (QED) is 0.269. The summed E-state index contributed by atoms with van der Waals surface area (Å²) in [5, 5.41) is 7.05. The van der Waals surface area contributed by atoms with E-state index in [0.29, 0.717) is 6.04 Å². The molecule has 7 heteroatoms. The van der Waals surface area contributed by atoms with Crippen LogP contribution in [0.3, 0.4) is 0 Å². The van der Waals surface area contributed by atoms with Crippen LogP contribution in [-0.2, 0) is 10.2 Å². The molecule has 1 heterocycles. The summed E-state index contributed by atoms with van der Waals surface area (Å²) < 4.78 is 19.0. The number of hydrogen-bond donors (Lipinski definition) is 2. The Morgan fingerprint density at radius 1 is 1.20 bits per heavy atom. The second-order valence-electron chi connectivity index (χ2n) is 8.04. The van der Waals surface area contributed by atoms with Crippen molar-refractivity contribution in [3.05, 3.63) is 35.6 Å². The molecule has 172 valence electrons. The maximum atomic E-state index is 13.4. The fraction of sp³-hybridized carbons (Fsp3) is 0.696. The average molecular weight is 535 g/mol. The van der Waals surface area contributed by atoms with Crippen molar-refractivity contribution in [1.29, 1.82) is 0 Å². The lowest BCUT2D eigenvalue weighted by Gasteiger charge is -2.38. The van der Waals surface area contributed by atoms with Gasteiger partial charge >= 0.3 is 0 Å². The lowest BCUT2D eigenvalue weighted by atomic mass is 9.74. The van der Waals surface area contributed by atoms with Crippen LogP contribution in [0.15, 0.2) is 29.3 Å². The van der Waals surface area contributed by atoms with Crippen molar-refractivity contribution in [2.24, 2.45) is 4.99 Å². The van der Waals surface area contributed by atoms with E-state index in [1.807, 2.05) is 19.2 Å². The number of rotatable bonds is 10. The molecule has 1 atom stereocenters. The SMILES string of the molecule is CCN(CC)CCCC(C)NC(=NC)NCC1(c2ccc(F)cc2)CCOCC1.I. The Kier molecular flexibility index (Phi) is 12.8. The van der Waals surface area contributed by atoms with Gasteiger partial charge in [0.1, 0.15) is 5.82 Å². The standard InChI is InChI=1S/C23H39FN4O.HI/c1-5-28(6-2)15-7-8-19(3)27-22(25-4)26-18-23(13-16-29-17-14-23)20-9-11-21(24)12-10-20;/h9-12,19H,5-8,13-18H2,1-4H3,(H2,25,26,27);1H. The van der Waals surface area contributed by atoms with Gasteiger partial charge in [0.2, 0.25) is 0 Å². The zero-order valence-electron chi connectivity index (χ0n) is 19.0. The molecule has 1 aromatic carbocycles. The molecule has 1 aliphatic heterocycles. The van der Waals surface area contributed by atoms with E-state index in [0.717, 1.165) is 70.2 Å². The Morgan fingerprint density at radius 2 is 1.83 bits per heavy atom. The summed E-state index contributed by atoms with van der Waals surface area (Å²) in [6.07, 6.45) is 4.11. The highest BCUT2D eigenvalue weighted by atomic mass is 127. The molecule has 1 saturated heterocycles. The molecular formula is C23H40FIN4O. The number of hydrogen-bond acceptors (Lipinski definition) is 3. The number of nitrogens with one attached hydrogen (secondary N) is 2. The highest BCUT2D eigenvalue weighted by Crippen LogP contribution is 2.34. The third-order valence-electron chi connectivity index (χ3n) is 6.11. The van der Waals surface area contributed by atoms with E-state index >= 15 is 0 Å². The van der Waals surface area contributed by atoms with E-state index in [4.69, 9.17) is 4.74 Å². The maximum Gasteiger partial charge on any atom is 0.191 e. The summed E-state index contributed by atoms with van der Waals surface area (Å²) in [7, 11) is 1.81. The number of benzene rings is 1. The van der Waals surface area contributed by atoms with E-state index < -0.39 is 0 Å². The van der Waals surface area contributed by atoms with Crippen molar-refractivity contribution in [1.82, 2.24) is 15.5 Å². The van der Waals surface area contributed by atoms with E-state index in [1.165, 1.54) is 6.42 Å². The second kappa shape index (κ2) is 14.2. The Balaban J connectivity index is 0.00000450. The van der Waals surface area contributed by atoms with Crippen molar-refractivity contribution in [2.45, 2.75) is 57.9 Å². The first kappa shape index (κ1) is 27.1. The van der Waals surface area contributed by atoms with Crippen molar-refractivity contribution in [3.8, 4) is 0 Å². The molecule has 2 rings (SSSR count). The number of ether oxygens (including phenoxy) is 1. The van der Waals surface area contributed by atoms with Gasteiger partial charge in [-0.05, 0) is 69.9 Å². The number of aliphatic imine (C=N–C) groups is 1. The summed E-state index contributed by atoms with van der Waals surface area (Å²) in [4.78, 5) is 6.88. The average Bonchev–Trinajstić information content (AvgIpc) is 2.75. The van der Waals surface area contributed by atoms with Crippen molar-refractivity contribution in [3.63, 3.8) is 0 Å². The summed E-state index contributed by atoms with van der Waals surface area (Å²) in [5.74, 6) is 0.633. The monoisotopic (exact) mass is 534 g/mol. The van der Waals surface area contributed by atoms with Crippen molar-refractivity contribution in [2.75, 3.05) is 46.4 Å². The maximum absolute atomic E-state index is 13.4. The van der Waals surface area contributed by atoms with E-state index in [9.17, 15) is 4.39 Å². The van der Waals surface area contributed by atoms with E-state index in [1.54, 1.807) is 12.1 Å². The molecule has 5 nitrogen and oxygen atoms in total. The van der Waals surface area contributed by atoms with Crippen LogP contribution in [0.1, 0.15) is 52.0 Å². The minimum absolute atomic E-state index is 0. The minimum atomic E-state index is -0.195. The van der Waals surface area contributed by atoms with Gasteiger partial charge in [0.25, 0.3) is 0 Å². The van der Waals surface area contributed by atoms with Gasteiger partial charge in [0.05, 0.1) is 0 Å². The summed E-state index contributed by atoms with van der Waals surface area (Å²) in [6.45, 7) is 12.2. The zero-order valence-corrected chi connectivity index (χ0v) is 21.4. The molecule has 1 unspecified atom stereocenters. The molecular weight excluding hydrogens is 494 g/mol. The second-order valence-corrected chi connectivity index (χ2v) is 8.04. The summed E-state index contributed by atoms with van der Waals surface area (Å²) >= 11 is 0. The molecule has 0 aromatic heterocycles. The highest BCUT2D eigenvalue weighted by molar-refractivity contribution is 14.0. The van der Waals surface area contributed by atoms with Crippen molar-refractivity contribution >= 4 is 29.9 Å². The fourth-order valence-electron chi connectivity index (χ4n) is 4.05. The molecule has 1 fully saturated rings. The van der Waals surface area contributed by atoms with Gasteiger partial charge in [-0.2, -0.15) is 0 Å². The molecule has 0 spiro atoms. The Hall–Kier alpha value is -0.930. The van der Waals surface area contributed by atoms with Gasteiger partial charge in [0.15, 0.2) is 5.96 Å².